The number of hydrogen-bond acceptors (Lipinski definition) is 6. The van der Waals surface area contributed by atoms with Gasteiger partial charge in [0.1, 0.15) is 13.2 Å². The number of allylic oxidation sites excluding steroid dienone is 5. The quantitative estimate of drug-likeness (QED) is 0.0281. The minimum atomic E-state index is -4.59. The van der Waals surface area contributed by atoms with E-state index < -0.39 is 26.6 Å². The Morgan fingerprint density at radius 3 is 1.56 bits per heavy atom. The van der Waals surface area contributed by atoms with Crippen molar-refractivity contribution in [3.63, 3.8) is 0 Å². The smallest absolute Gasteiger partial charge is 0.268 e. The minimum Gasteiger partial charge on any atom is -0.756 e. The van der Waals surface area contributed by atoms with Gasteiger partial charge >= 0.3 is 0 Å². The average Bonchev–Trinajstić information content (AvgIpc) is 3.09. The van der Waals surface area contributed by atoms with Crippen molar-refractivity contribution in [2.24, 2.45) is 0 Å². The van der Waals surface area contributed by atoms with Crippen molar-refractivity contribution in [2.75, 3.05) is 40.9 Å². The predicted octanol–water partition coefficient (Wildman–Crippen LogP) is 10.9. The van der Waals surface area contributed by atoms with E-state index in [1.54, 1.807) is 6.08 Å². The van der Waals surface area contributed by atoms with Crippen molar-refractivity contribution in [3.8, 4) is 0 Å². The summed E-state index contributed by atoms with van der Waals surface area (Å²) >= 11 is 0. The zero-order valence-electron chi connectivity index (χ0n) is 34.5. The Kier molecular flexibility index (Phi) is 34.6. The molecule has 0 aliphatic rings. The molecule has 0 rings (SSSR count). The molecule has 8 nitrogen and oxygen atoms in total. The van der Waals surface area contributed by atoms with Crippen LogP contribution in [-0.4, -0.2) is 68.5 Å². The van der Waals surface area contributed by atoms with Crippen molar-refractivity contribution in [1.82, 2.24) is 5.32 Å². The largest absolute Gasteiger partial charge is 0.756 e. The van der Waals surface area contributed by atoms with Crippen molar-refractivity contribution >= 4 is 13.7 Å². The summed E-state index contributed by atoms with van der Waals surface area (Å²) < 4.78 is 23.1. The van der Waals surface area contributed by atoms with Gasteiger partial charge in [-0.15, -0.1) is 0 Å². The Labute approximate surface area is 321 Å². The molecule has 0 saturated heterocycles. The standard InChI is InChI=1S/C43H83N2O6P/c1-6-8-10-12-14-16-18-20-21-22-23-25-27-29-31-33-35-37-43(47)44-41(40-51-52(48,49)50-39-38-45(3,4)5)42(46)36-34-32-30-28-26-24-19-17-15-13-11-9-7-2/h15,17,26,28,34,36,41-42,46H,6-14,16,18-25,27,29-33,35,37-40H2,1-5H3,(H-,44,47,48,49)/b17-15+,28-26+,36-34+. The second-order valence-electron chi connectivity index (χ2n) is 15.7. The Morgan fingerprint density at radius 2 is 1.08 bits per heavy atom. The van der Waals surface area contributed by atoms with Gasteiger partial charge < -0.3 is 28.8 Å². The molecule has 0 aliphatic heterocycles. The molecule has 0 saturated carbocycles. The number of nitrogens with zero attached hydrogens (tertiary/aromatic N) is 1. The van der Waals surface area contributed by atoms with Gasteiger partial charge in [-0.2, -0.15) is 0 Å². The lowest BCUT2D eigenvalue weighted by atomic mass is 10.0. The highest BCUT2D eigenvalue weighted by Crippen LogP contribution is 2.38. The number of rotatable bonds is 38. The van der Waals surface area contributed by atoms with E-state index >= 15 is 0 Å². The summed E-state index contributed by atoms with van der Waals surface area (Å²) in [6.07, 6.45) is 41.9. The van der Waals surface area contributed by atoms with Crippen LogP contribution in [0.1, 0.15) is 181 Å². The first-order valence-electron chi connectivity index (χ1n) is 21.4. The maximum absolute atomic E-state index is 12.8. The molecule has 3 unspecified atom stereocenters. The number of aliphatic hydroxyl groups is 1. The van der Waals surface area contributed by atoms with Crippen LogP contribution in [-0.2, 0) is 18.4 Å². The Balaban J connectivity index is 4.47. The van der Waals surface area contributed by atoms with Crippen LogP contribution < -0.4 is 10.2 Å². The number of quaternary nitrogens is 1. The summed E-state index contributed by atoms with van der Waals surface area (Å²) in [5.74, 6) is -0.212. The van der Waals surface area contributed by atoms with E-state index in [9.17, 15) is 19.4 Å². The van der Waals surface area contributed by atoms with Crippen LogP contribution in [0.3, 0.4) is 0 Å². The highest BCUT2D eigenvalue weighted by Gasteiger charge is 2.23. The SMILES string of the molecule is CCCCC/C=C/CC/C=C/CC/C=C/C(O)C(COP(=O)([O-])OCC[N+](C)(C)C)NC(=O)CCCCCCCCCCCCCCCCCCC. The number of amides is 1. The zero-order valence-corrected chi connectivity index (χ0v) is 35.4. The van der Waals surface area contributed by atoms with Gasteiger partial charge in [0.25, 0.3) is 7.82 Å². The van der Waals surface area contributed by atoms with Gasteiger partial charge in [-0.25, -0.2) is 0 Å². The Bertz CT molecular complexity index is 948. The minimum absolute atomic E-state index is 0.00810. The molecular weight excluding hydrogens is 671 g/mol. The van der Waals surface area contributed by atoms with Crippen LogP contribution in [0.2, 0.25) is 0 Å². The predicted molar refractivity (Wildman–Crippen MR) is 219 cm³/mol. The average molecular weight is 755 g/mol. The molecule has 0 aliphatic carbocycles. The molecule has 0 aromatic heterocycles. The van der Waals surface area contributed by atoms with E-state index in [0.717, 1.165) is 51.4 Å². The van der Waals surface area contributed by atoms with E-state index in [1.807, 2.05) is 27.2 Å². The highest BCUT2D eigenvalue weighted by molar-refractivity contribution is 7.45. The summed E-state index contributed by atoms with van der Waals surface area (Å²) in [5, 5.41) is 13.7. The highest BCUT2D eigenvalue weighted by atomic mass is 31.2. The molecule has 0 radical (unpaired) electrons. The first-order chi connectivity index (χ1) is 25.0. The molecule has 0 heterocycles. The summed E-state index contributed by atoms with van der Waals surface area (Å²) in [6, 6.07) is -0.904. The lowest BCUT2D eigenvalue weighted by Gasteiger charge is -2.29. The number of aliphatic hydroxyl groups excluding tert-OH is 1. The molecule has 9 heteroatoms. The maximum atomic E-state index is 12.8. The van der Waals surface area contributed by atoms with Gasteiger partial charge in [0.2, 0.25) is 5.91 Å². The van der Waals surface area contributed by atoms with Gasteiger partial charge in [0.05, 0.1) is 39.9 Å². The molecular formula is C43H83N2O6P. The molecule has 52 heavy (non-hydrogen) atoms. The second kappa shape index (κ2) is 35.4. The lowest BCUT2D eigenvalue weighted by Crippen LogP contribution is -2.45. The summed E-state index contributed by atoms with van der Waals surface area (Å²) in [4.78, 5) is 25.2. The third kappa shape index (κ3) is 37.1. The molecule has 0 spiro atoms. The lowest BCUT2D eigenvalue weighted by molar-refractivity contribution is -0.870. The second-order valence-corrected chi connectivity index (χ2v) is 17.1. The van der Waals surface area contributed by atoms with Crippen LogP contribution in [0.25, 0.3) is 0 Å². The summed E-state index contributed by atoms with van der Waals surface area (Å²) in [7, 11) is 1.23. The summed E-state index contributed by atoms with van der Waals surface area (Å²) in [5.41, 5.74) is 0. The van der Waals surface area contributed by atoms with E-state index in [0.29, 0.717) is 17.4 Å². The third-order valence-electron chi connectivity index (χ3n) is 9.33. The number of nitrogens with one attached hydrogen (secondary N) is 1. The molecule has 1 amide bonds. The number of phosphoric ester groups is 1. The third-order valence-corrected chi connectivity index (χ3v) is 10.3. The number of unbranched alkanes of at least 4 members (excludes halogenated alkanes) is 21. The topological polar surface area (TPSA) is 108 Å². The summed E-state index contributed by atoms with van der Waals surface area (Å²) in [6.45, 7) is 4.58. The van der Waals surface area contributed by atoms with E-state index in [1.165, 1.54) is 109 Å². The van der Waals surface area contributed by atoms with E-state index in [4.69, 9.17) is 9.05 Å². The molecule has 2 N–H and O–H groups in total. The van der Waals surface area contributed by atoms with Crippen LogP contribution in [0.5, 0.6) is 0 Å². The number of hydrogen-bond donors (Lipinski definition) is 2. The normalized spacial score (nSPS) is 14.8. The number of carbonyl (C=O) groups is 1. The fourth-order valence-electron chi connectivity index (χ4n) is 5.89. The Hall–Kier alpha value is -1.28. The van der Waals surface area contributed by atoms with Crippen molar-refractivity contribution in [2.45, 2.75) is 193 Å². The van der Waals surface area contributed by atoms with Gasteiger partial charge in [0.15, 0.2) is 0 Å². The molecule has 0 aromatic carbocycles. The van der Waals surface area contributed by atoms with Gasteiger partial charge in [-0.1, -0.05) is 166 Å². The molecule has 0 fully saturated rings. The number of carbonyl (C=O) groups excluding carboxylic acids is 1. The number of likely N-dealkylation sites (N-methyl/N-ethyl adjacent to an activating group) is 1. The van der Waals surface area contributed by atoms with Crippen LogP contribution >= 0.6 is 7.82 Å². The Morgan fingerprint density at radius 1 is 0.654 bits per heavy atom. The fraction of sp³-hybridized carbons (Fsp3) is 0.837. The van der Waals surface area contributed by atoms with Crippen molar-refractivity contribution in [1.29, 1.82) is 0 Å². The first-order valence-corrected chi connectivity index (χ1v) is 22.8. The van der Waals surface area contributed by atoms with Crippen molar-refractivity contribution in [3.05, 3.63) is 36.5 Å². The fourth-order valence-corrected chi connectivity index (χ4v) is 6.61. The van der Waals surface area contributed by atoms with Gasteiger partial charge in [-0.3, -0.25) is 9.36 Å². The molecule has 3 atom stereocenters. The van der Waals surface area contributed by atoms with Gasteiger partial charge in [-0.05, 0) is 44.9 Å². The number of phosphoric acid groups is 1. The van der Waals surface area contributed by atoms with Crippen LogP contribution in [0.15, 0.2) is 36.5 Å². The van der Waals surface area contributed by atoms with Crippen molar-refractivity contribution < 1.29 is 32.9 Å². The zero-order chi connectivity index (χ0) is 38.6. The monoisotopic (exact) mass is 755 g/mol. The van der Waals surface area contributed by atoms with Crippen LogP contribution in [0.4, 0.5) is 0 Å². The first kappa shape index (κ1) is 50.7. The maximum Gasteiger partial charge on any atom is 0.268 e. The van der Waals surface area contributed by atoms with Crippen LogP contribution in [0, 0.1) is 0 Å². The molecule has 306 valence electrons. The van der Waals surface area contributed by atoms with E-state index in [-0.39, 0.29) is 12.5 Å². The van der Waals surface area contributed by atoms with Gasteiger partial charge in [0, 0.05) is 6.42 Å². The van der Waals surface area contributed by atoms with E-state index in [2.05, 4.69) is 43.5 Å². The molecule has 0 aromatic rings. The molecule has 0 bridgehead atoms.